The van der Waals surface area contributed by atoms with E-state index in [2.05, 4.69) is 20.4 Å². The minimum atomic E-state index is -0.0780. The third kappa shape index (κ3) is 5.83. The van der Waals surface area contributed by atoms with E-state index in [0.29, 0.717) is 19.6 Å². The number of benzene rings is 1. The summed E-state index contributed by atoms with van der Waals surface area (Å²) < 4.78 is 5.33. The molecule has 0 radical (unpaired) electrons. The third-order valence-electron chi connectivity index (χ3n) is 4.91. The van der Waals surface area contributed by atoms with Crippen LogP contribution in [0.5, 0.6) is 0 Å². The molecule has 2 aliphatic heterocycles. The lowest BCUT2D eigenvalue weighted by atomic mass is 10.2. The molecule has 3 amide bonds. The molecule has 2 aliphatic rings. The molecule has 27 heavy (non-hydrogen) atoms. The predicted molar refractivity (Wildman–Crippen MR) is 105 cm³/mol. The van der Waals surface area contributed by atoms with Crippen LogP contribution in [0, 0.1) is 0 Å². The van der Waals surface area contributed by atoms with E-state index in [0.717, 1.165) is 57.3 Å². The number of piperazine rings is 1. The Balaban J connectivity index is 1.41. The minimum Gasteiger partial charge on any atom is -0.379 e. The Kier molecular flexibility index (Phi) is 6.89. The average molecular weight is 375 g/mol. The van der Waals surface area contributed by atoms with Crippen LogP contribution in [0.3, 0.4) is 0 Å². The quantitative estimate of drug-likeness (QED) is 0.796. The Hall–Kier alpha value is -2.32. The lowest BCUT2D eigenvalue weighted by Gasteiger charge is -2.36. The number of ether oxygens (including phenoxy) is 1. The zero-order valence-corrected chi connectivity index (χ0v) is 15.9. The first kappa shape index (κ1) is 19.4. The summed E-state index contributed by atoms with van der Waals surface area (Å²) in [7, 11) is 0. The second-order valence-electron chi connectivity index (χ2n) is 6.89. The van der Waals surface area contributed by atoms with E-state index in [1.807, 2.05) is 29.2 Å². The van der Waals surface area contributed by atoms with Crippen molar-refractivity contribution in [3.8, 4) is 0 Å². The van der Waals surface area contributed by atoms with Crippen molar-refractivity contribution in [3.05, 3.63) is 24.3 Å². The van der Waals surface area contributed by atoms with Crippen molar-refractivity contribution in [2.24, 2.45) is 0 Å². The van der Waals surface area contributed by atoms with Crippen LogP contribution in [0.15, 0.2) is 24.3 Å². The topological polar surface area (TPSA) is 77.2 Å². The van der Waals surface area contributed by atoms with Crippen molar-refractivity contribution in [3.63, 3.8) is 0 Å². The highest BCUT2D eigenvalue weighted by Gasteiger charge is 2.21. The van der Waals surface area contributed by atoms with Gasteiger partial charge < -0.3 is 25.2 Å². The molecule has 0 saturated carbocycles. The van der Waals surface area contributed by atoms with E-state index >= 15 is 0 Å². The Labute approximate surface area is 160 Å². The number of amides is 3. The SMILES string of the molecule is CC(=O)Nc1cccc(N2CCN(C(=O)NCCN3CCOCC3)CC2)c1. The number of urea groups is 1. The van der Waals surface area contributed by atoms with Crippen LogP contribution in [0.1, 0.15) is 6.92 Å². The van der Waals surface area contributed by atoms with Crippen molar-refractivity contribution >= 4 is 23.3 Å². The molecule has 0 atom stereocenters. The first-order chi connectivity index (χ1) is 13.1. The number of nitrogens with zero attached hydrogens (tertiary/aromatic N) is 3. The molecule has 0 aromatic heterocycles. The van der Waals surface area contributed by atoms with Gasteiger partial charge in [0.25, 0.3) is 0 Å². The summed E-state index contributed by atoms with van der Waals surface area (Å²) in [6, 6.07) is 7.83. The van der Waals surface area contributed by atoms with Gasteiger partial charge >= 0.3 is 6.03 Å². The molecule has 0 spiro atoms. The summed E-state index contributed by atoms with van der Waals surface area (Å²) in [6.07, 6.45) is 0. The molecule has 8 heteroatoms. The van der Waals surface area contributed by atoms with E-state index in [4.69, 9.17) is 4.74 Å². The van der Waals surface area contributed by atoms with Crippen LogP contribution in [0.4, 0.5) is 16.2 Å². The van der Waals surface area contributed by atoms with Crippen LogP contribution in [-0.4, -0.2) is 87.3 Å². The minimum absolute atomic E-state index is 0.00917. The molecule has 1 aromatic carbocycles. The van der Waals surface area contributed by atoms with Crippen molar-refractivity contribution in [1.29, 1.82) is 0 Å². The first-order valence-electron chi connectivity index (χ1n) is 9.57. The van der Waals surface area contributed by atoms with Gasteiger partial charge in [-0.05, 0) is 18.2 Å². The molecule has 0 aliphatic carbocycles. The van der Waals surface area contributed by atoms with E-state index in [-0.39, 0.29) is 11.9 Å². The van der Waals surface area contributed by atoms with Gasteiger partial charge in [-0.1, -0.05) is 6.07 Å². The molecular weight excluding hydrogens is 346 g/mol. The van der Waals surface area contributed by atoms with Crippen molar-refractivity contribution in [2.75, 3.05) is 75.8 Å². The van der Waals surface area contributed by atoms with Gasteiger partial charge in [0.2, 0.25) is 5.91 Å². The highest BCUT2D eigenvalue weighted by atomic mass is 16.5. The van der Waals surface area contributed by atoms with Crippen LogP contribution in [-0.2, 0) is 9.53 Å². The maximum absolute atomic E-state index is 12.4. The van der Waals surface area contributed by atoms with Gasteiger partial charge in [-0.25, -0.2) is 4.79 Å². The maximum Gasteiger partial charge on any atom is 0.317 e. The third-order valence-corrected chi connectivity index (χ3v) is 4.91. The summed E-state index contributed by atoms with van der Waals surface area (Å²) in [5.74, 6) is -0.0780. The van der Waals surface area contributed by atoms with Crippen LogP contribution < -0.4 is 15.5 Å². The molecule has 8 nitrogen and oxygen atoms in total. The number of carbonyl (C=O) groups is 2. The number of hydrogen-bond acceptors (Lipinski definition) is 5. The van der Waals surface area contributed by atoms with E-state index in [1.165, 1.54) is 6.92 Å². The Morgan fingerprint density at radius 2 is 1.81 bits per heavy atom. The Morgan fingerprint density at radius 3 is 2.52 bits per heavy atom. The predicted octanol–water partition coefficient (Wildman–Crippen LogP) is 0.809. The van der Waals surface area contributed by atoms with Crippen molar-refractivity contribution < 1.29 is 14.3 Å². The standard InChI is InChI=1S/C19H29N5O3/c1-16(25)21-17-3-2-4-18(15-17)23-7-9-24(10-8-23)19(26)20-5-6-22-11-13-27-14-12-22/h2-4,15H,5-14H2,1H3,(H,20,26)(H,21,25). The number of anilines is 2. The zero-order chi connectivity index (χ0) is 19.1. The molecule has 2 N–H and O–H groups in total. The number of nitrogens with one attached hydrogen (secondary N) is 2. The molecule has 0 bridgehead atoms. The lowest BCUT2D eigenvalue weighted by molar-refractivity contribution is -0.114. The molecule has 2 heterocycles. The summed E-state index contributed by atoms with van der Waals surface area (Å²) in [6.45, 7) is 9.39. The van der Waals surface area contributed by atoms with Crippen LogP contribution in [0.25, 0.3) is 0 Å². The van der Waals surface area contributed by atoms with Crippen molar-refractivity contribution in [2.45, 2.75) is 6.92 Å². The smallest absolute Gasteiger partial charge is 0.317 e. The van der Waals surface area contributed by atoms with E-state index < -0.39 is 0 Å². The van der Waals surface area contributed by atoms with Gasteiger partial charge in [0, 0.05) is 70.7 Å². The van der Waals surface area contributed by atoms with Crippen molar-refractivity contribution in [1.82, 2.24) is 15.1 Å². The molecular formula is C19H29N5O3. The number of hydrogen-bond donors (Lipinski definition) is 2. The van der Waals surface area contributed by atoms with Gasteiger partial charge in [-0.3, -0.25) is 9.69 Å². The fourth-order valence-corrected chi connectivity index (χ4v) is 3.41. The van der Waals surface area contributed by atoms with E-state index in [9.17, 15) is 9.59 Å². The van der Waals surface area contributed by atoms with Gasteiger partial charge in [0.05, 0.1) is 13.2 Å². The van der Waals surface area contributed by atoms with Gasteiger partial charge in [-0.2, -0.15) is 0 Å². The average Bonchev–Trinajstić information content (AvgIpc) is 2.68. The van der Waals surface area contributed by atoms with Gasteiger partial charge in [-0.15, -0.1) is 0 Å². The van der Waals surface area contributed by atoms with Crippen LogP contribution in [0.2, 0.25) is 0 Å². The summed E-state index contributed by atoms with van der Waals surface area (Å²) >= 11 is 0. The summed E-state index contributed by atoms with van der Waals surface area (Å²) in [4.78, 5) is 30.0. The number of carbonyl (C=O) groups excluding carboxylic acids is 2. The molecule has 148 valence electrons. The zero-order valence-electron chi connectivity index (χ0n) is 15.9. The lowest BCUT2D eigenvalue weighted by Crippen LogP contribution is -2.52. The maximum atomic E-state index is 12.4. The van der Waals surface area contributed by atoms with Crippen LogP contribution >= 0.6 is 0 Å². The van der Waals surface area contributed by atoms with Gasteiger partial charge in [0.1, 0.15) is 0 Å². The number of rotatable bonds is 5. The molecule has 2 saturated heterocycles. The summed E-state index contributed by atoms with van der Waals surface area (Å²) in [5, 5.41) is 5.83. The largest absolute Gasteiger partial charge is 0.379 e. The second kappa shape index (κ2) is 9.57. The second-order valence-corrected chi connectivity index (χ2v) is 6.89. The molecule has 3 rings (SSSR count). The highest BCUT2D eigenvalue weighted by molar-refractivity contribution is 5.89. The molecule has 2 fully saturated rings. The monoisotopic (exact) mass is 375 g/mol. The normalized spacial score (nSPS) is 18.3. The number of morpholine rings is 1. The Morgan fingerprint density at radius 1 is 1.07 bits per heavy atom. The Bertz CT molecular complexity index is 640. The fourth-order valence-electron chi connectivity index (χ4n) is 3.41. The first-order valence-corrected chi connectivity index (χ1v) is 9.57. The molecule has 1 aromatic rings. The van der Waals surface area contributed by atoms with E-state index in [1.54, 1.807) is 0 Å². The summed E-state index contributed by atoms with van der Waals surface area (Å²) in [5.41, 5.74) is 1.86. The fraction of sp³-hybridized carbons (Fsp3) is 0.579. The van der Waals surface area contributed by atoms with Gasteiger partial charge in [0.15, 0.2) is 0 Å². The highest BCUT2D eigenvalue weighted by Crippen LogP contribution is 2.21. The molecule has 0 unspecified atom stereocenters.